The minimum Gasteiger partial charge on any atom is -0.391 e. The van der Waals surface area contributed by atoms with E-state index in [4.69, 9.17) is 0 Å². The fraction of sp³-hybridized carbons (Fsp3) is 0.462. The fourth-order valence-corrected chi connectivity index (χ4v) is 1.92. The monoisotopic (exact) mass is 300 g/mol. The molecule has 0 aliphatic heterocycles. The summed E-state index contributed by atoms with van der Waals surface area (Å²) in [4.78, 5) is 0.990. The molecule has 114 valence electrons. The van der Waals surface area contributed by atoms with Gasteiger partial charge in [0.15, 0.2) is 5.82 Å². The van der Waals surface area contributed by atoms with Crippen molar-refractivity contribution in [2.24, 2.45) is 0 Å². The quantitative estimate of drug-likeness (QED) is 0.916. The highest BCUT2D eigenvalue weighted by Crippen LogP contribution is 2.21. The van der Waals surface area contributed by atoms with Gasteiger partial charge in [0.2, 0.25) is 0 Å². The van der Waals surface area contributed by atoms with Crippen molar-refractivity contribution in [3.05, 3.63) is 41.2 Å². The number of halogens is 3. The second-order valence-corrected chi connectivity index (χ2v) is 4.84. The number of tetrazole rings is 1. The van der Waals surface area contributed by atoms with E-state index in [0.717, 1.165) is 15.9 Å². The molecule has 0 aliphatic carbocycles. The van der Waals surface area contributed by atoms with Crippen molar-refractivity contribution in [3.8, 4) is 0 Å². The van der Waals surface area contributed by atoms with Crippen LogP contribution in [0.4, 0.5) is 13.2 Å². The number of aryl methyl sites for hydroxylation is 1. The second kappa shape index (κ2) is 6.21. The van der Waals surface area contributed by atoms with Gasteiger partial charge in [-0.15, -0.1) is 10.2 Å². The lowest BCUT2D eigenvalue weighted by molar-refractivity contribution is -0.155. The number of aromatic nitrogens is 4. The first-order valence-corrected chi connectivity index (χ1v) is 6.39. The molecule has 2 rings (SSSR count). The Bertz CT molecular complexity index is 597. The van der Waals surface area contributed by atoms with Gasteiger partial charge < -0.3 is 5.11 Å². The number of hydrogen-bond donors (Lipinski definition) is 1. The maximum Gasteiger partial charge on any atom is 0.391 e. The van der Waals surface area contributed by atoms with E-state index in [0.29, 0.717) is 12.2 Å². The SMILES string of the molecule is Cc1ccccc1Cc1nnn(C[C@H](O)CC(F)(F)F)n1. The molecule has 1 aromatic heterocycles. The molecule has 1 aromatic carbocycles. The Morgan fingerprint density at radius 1 is 1.29 bits per heavy atom. The first-order chi connectivity index (χ1) is 9.83. The molecule has 5 nitrogen and oxygen atoms in total. The first kappa shape index (κ1) is 15.4. The van der Waals surface area contributed by atoms with Gasteiger partial charge in [0.25, 0.3) is 0 Å². The number of aliphatic hydroxyl groups excluding tert-OH is 1. The van der Waals surface area contributed by atoms with Crippen molar-refractivity contribution in [1.29, 1.82) is 0 Å². The summed E-state index contributed by atoms with van der Waals surface area (Å²) in [5, 5.41) is 20.8. The van der Waals surface area contributed by atoms with E-state index >= 15 is 0 Å². The van der Waals surface area contributed by atoms with Crippen LogP contribution in [-0.4, -0.2) is 37.6 Å². The van der Waals surface area contributed by atoms with Gasteiger partial charge in [-0.05, 0) is 23.3 Å². The van der Waals surface area contributed by atoms with Crippen LogP contribution in [0, 0.1) is 6.92 Å². The molecule has 0 bridgehead atoms. The van der Waals surface area contributed by atoms with Gasteiger partial charge in [0.1, 0.15) is 0 Å². The predicted octanol–water partition coefficient (Wildman–Crippen LogP) is 1.89. The van der Waals surface area contributed by atoms with Crippen LogP contribution < -0.4 is 0 Å². The third kappa shape index (κ3) is 4.82. The summed E-state index contributed by atoms with van der Waals surface area (Å²) < 4.78 is 36.4. The minimum atomic E-state index is -4.41. The van der Waals surface area contributed by atoms with Crippen molar-refractivity contribution in [2.45, 2.75) is 38.6 Å². The third-order valence-corrected chi connectivity index (χ3v) is 2.95. The Morgan fingerprint density at radius 3 is 2.67 bits per heavy atom. The minimum absolute atomic E-state index is 0.333. The van der Waals surface area contributed by atoms with Gasteiger partial charge in [-0.2, -0.15) is 18.0 Å². The van der Waals surface area contributed by atoms with E-state index in [9.17, 15) is 18.3 Å². The summed E-state index contributed by atoms with van der Waals surface area (Å²) in [6.45, 7) is 1.62. The van der Waals surface area contributed by atoms with Gasteiger partial charge in [-0.1, -0.05) is 24.3 Å². The van der Waals surface area contributed by atoms with Crippen LogP contribution in [0.2, 0.25) is 0 Å². The molecule has 0 spiro atoms. The Labute approximate surface area is 119 Å². The van der Waals surface area contributed by atoms with Crippen LogP contribution >= 0.6 is 0 Å². The van der Waals surface area contributed by atoms with Gasteiger partial charge >= 0.3 is 6.18 Å². The molecule has 1 heterocycles. The topological polar surface area (TPSA) is 63.8 Å². The van der Waals surface area contributed by atoms with Crippen LogP contribution in [0.5, 0.6) is 0 Å². The zero-order valence-corrected chi connectivity index (χ0v) is 11.4. The molecule has 0 saturated carbocycles. The number of hydrogen-bond acceptors (Lipinski definition) is 4. The zero-order chi connectivity index (χ0) is 15.5. The average molecular weight is 300 g/mol. The van der Waals surface area contributed by atoms with Gasteiger partial charge in [0.05, 0.1) is 19.1 Å². The lowest BCUT2D eigenvalue weighted by Crippen LogP contribution is -2.25. The molecule has 0 aliphatic rings. The highest BCUT2D eigenvalue weighted by molar-refractivity contribution is 5.27. The number of benzene rings is 1. The summed E-state index contributed by atoms with van der Waals surface area (Å²) in [7, 11) is 0. The molecular weight excluding hydrogens is 285 g/mol. The molecule has 0 amide bonds. The smallest absolute Gasteiger partial charge is 0.391 e. The number of rotatable bonds is 5. The van der Waals surface area contributed by atoms with Crippen molar-refractivity contribution in [3.63, 3.8) is 0 Å². The van der Waals surface area contributed by atoms with E-state index in [1.807, 2.05) is 31.2 Å². The summed E-state index contributed by atoms with van der Waals surface area (Å²) in [5.41, 5.74) is 2.10. The fourth-order valence-electron chi connectivity index (χ4n) is 1.92. The molecule has 8 heteroatoms. The molecule has 2 aromatic rings. The molecule has 0 fully saturated rings. The van der Waals surface area contributed by atoms with Gasteiger partial charge in [-0.25, -0.2) is 0 Å². The zero-order valence-electron chi connectivity index (χ0n) is 11.4. The molecular formula is C13H15F3N4O. The van der Waals surface area contributed by atoms with E-state index in [-0.39, 0.29) is 6.54 Å². The van der Waals surface area contributed by atoms with Crippen molar-refractivity contribution in [2.75, 3.05) is 0 Å². The van der Waals surface area contributed by atoms with Gasteiger partial charge in [0, 0.05) is 6.42 Å². The van der Waals surface area contributed by atoms with Crippen molar-refractivity contribution < 1.29 is 18.3 Å². The Hall–Kier alpha value is -1.96. The highest BCUT2D eigenvalue weighted by atomic mass is 19.4. The molecule has 21 heavy (non-hydrogen) atoms. The highest BCUT2D eigenvalue weighted by Gasteiger charge is 2.31. The Kier molecular flexibility index (Phi) is 4.56. The van der Waals surface area contributed by atoms with Gasteiger partial charge in [-0.3, -0.25) is 0 Å². The maximum absolute atomic E-state index is 12.1. The summed E-state index contributed by atoms with van der Waals surface area (Å²) in [5.74, 6) is 0.406. The molecule has 0 unspecified atom stereocenters. The number of aliphatic hydroxyl groups is 1. The molecule has 0 saturated heterocycles. The Morgan fingerprint density at radius 2 is 2.00 bits per heavy atom. The van der Waals surface area contributed by atoms with E-state index in [1.165, 1.54) is 0 Å². The summed E-state index contributed by atoms with van der Waals surface area (Å²) in [6.07, 6.45) is -6.83. The largest absolute Gasteiger partial charge is 0.391 e. The van der Waals surface area contributed by atoms with Crippen molar-refractivity contribution in [1.82, 2.24) is 20.2 Å². The third-order valence-electron chi connectivity index (χ3n) is 2.95. The second-order valence-electron chi connectivity index (χ2n) is 4.84. The normalized spacial score (nSPS) is 13.4. The van der Waals surface area contributed by atoms with Crippen LogP contribution in [-0.2, 0) is 13.0 Å². The number of nitrogens with zero attached hydrogens (tertiary/aromatic N) is 4. The van der Waals surface area contributed by atoms with E-state index in [2.05, 4.69) is 15.4 Å². The lowest BCUT2D eigenvalue weighted by Gasteiger charge is -2.11. The Balaban J connectivity index is 1.97. The van der Waals surface area contributed by atoms with Crippen LogP contribution in [0.25, 0.3) is 0 Å². The molecule has 1 N–H and O–H groups in total. The standard InChI is InChI=1S/C13H15F3N4O/c1-9-4-2-3-5-10(9)6-12-17-19-20(18-12)8-11(21)7-13(14,15)16/h2-5,11,21H,6-8H2,1H3/t11-/m1/s1. The van der Waals surface area contributed by atoms with Crippen LogP contribution in [0.15, 0.2) is 24.3 Å². The lowest BCUT2D eigenvalue weighted by atomic mass is 10.1. The molecule has 0 radical (unpaired) electrons. The van der Waals surface area contributed by atoms with Crippen molar-refractivity contribution >= 4 is 0 Å². The average Bonchev–Trinajstić information content (AvgIpc) is 2.77. The summed E-state index contributed by atoms with van der Waals surface area (Å²) >= 11 is 0. The van der Waals surface area contributed by atoms with E-state index in [1.54, 1.807) is 0 Å². The molecule has 1 atom stereocenters. The first-order valence-electron chi connectivity index (χ1n) is 6.39. The number of alkyl halides is 3. The van der Waals surface area contributed by atoms with E-state index < -0.39 is 18.7 Å². The van der Waals surface area contributed by atoms with Crippen LogP contribution in [0.3, 0.4) is 0 Å². The maximum atomic E-state index is 12.1. The summed E-state index contributed by atoms with van der Waals surface area (Å²) in [6, 6.07) is 7.68. The van der Waals surface area contributed by atoms with Crippen LogP contribution in [0.1, 0.15) is 23.4 Å². The predicted molar refractivity (Wildman–Crippen MR) is 68.5 cm³/mol.